The molecule has 0 saturated carbocycles. The summed E-state index contributed by atoms with van der Waals surface area (Å²) in [5.41, 5.74) is 7.40. The molecule has 1 aromatic rings. The Kier molecular flexibility index (Phi) is 5.28. The fourth-order valence-electron chi connectivity index (χ4n) is 1.23. The van der Waals surface area contributed by atoms with Gasteiger partial charge in [0.05, 0.1) is 6.61 Å². The van der Waals surface area contributed by atoms with Crippen molar-refractivity contribution in [2.24, 2.45) is 5.73 Å². The van der Waals surface area contributed by atoms with Crippen LogP contribution in [0.1, 0.15) is 18.1 Å². The maximum absolute atomic E-state index is 7.07. The van der Waals surface area contributed by atoms with Crippen LogP contribution in [-0.2, 0) is 17.9 Å². The smallest absolute Gasteiger partial charge is 0.185 e. The highest BCUT2D eigenvalue weighted by Gasteiger charge is 2.01. The van der Waals surface area contributed by atoms with E-state index in [1.54, 1.807) is 0 Å². The molecule has 1 rings (SSSR count). The number of nitrogens with one attached hydrogen (secondary N) is 2. The lowest BCUT2D eigenvalue weighted by atomic mass is 10.1. The average Bonchev–Trinajstić information content (AvgIpc) is 2.25. The predicted octanol–water partition coefficient (Wildman–Crippen LogP) is 1.97. The summed E-state index contributed by atoms with van der Waals surface area (Å²) in [5.74, 6) is -0.0190. The second-order valence-corrected chi connectivity index (χ2v) is 4.18. The van der Waals surface area contributed by atoms with E-state index in [9.17, 15) is 0 Å². The maximum Gasteiger partial charge on any atom is 0.185 e. The molecule has 0 aliphatic carbocycles. The molecule has 88 valence electrons. The Hall–Kier alpha value is -1.07. The van der Waals surface area contributed by atoms with Gasteiger partial charge in [-0.05, 0) is 24.1 Å². The molecule has 1 aromatic carbocycles. The van der Waals surface area contributed by atoms with Crippen molar-refractivity contribution in [1.82, 2.24) is 5.32 Å². The monoisotopic (exact) mass is 285 g/mol. The third-order valence-corrected chi connectivity index (χ3v) is 2.80. The summed E-state index contributed by atoms with van der Waals surface area (Å²) < 4.78 is 6.36. The highest BCUT2D eigenvalue weighted by atomic mass is 79.9. The molecule has 0 aliphatic heterocycles. The van der Waals surface area contributed by atoms with Crippen LogP contribution in [0.15, 0.2) is 22.7 Å². The summed E-state index contributed by atoms with van der Waals surface area (Å²) in [4.78, 5) is 0. The van der Waals surface area contributed by atoms with E-state index >= 15 is 0 Å². The molecule has 16 heavy (non-hydrogen) atoms. The minimum absolute atomic E-state index is 0.0190. The van der Waals surface area contributed by atoms with Crippen LogP contribution in [0, 0.1) is 5.41 Å². The van der Waals surface area contributed by atoms with Gasteiger partial charge in [-0.25, -0.2) is 0 Å². The molecule has 0 spiro atoms. The van der Waals surface area contributed by atoms with Crippen molar-refractivity contribution in [2.75, 3.05) is 6.61 Å². The first-order valence-electron chi connectivity index (χ1n) is 5.06. The molecule has 0 aliphatic rings. The van der Waals surface area contributed by atoms with Crippen LogP contribution in [0.5, 0.6) is 0 Å². The lowest BCUT2D eigenvalue weighted by Gasteiger charge is -2.08. The Bertz CT molecular complexity index is 368. The number of rotatable bonds is 5. The standard InChI is InChI=1S/C11H16BrN3O/c1-2-16-7-9-4-3-8(5-10(9)12)6-15-11(13)14/h3-5H,2,6-7H2,1H3,(H4,13,14,15). The normalized spacial score (nSPS) is 10.1. The summed E-state index contributed by atoms with van der Waals surface area (Å²) >= 11 is 3.49. The number of halogens is 1. The van der Waals surface area contributed by atoms with Crippen LogP contribution in [-0.4, -0.2) is 12.6 Å². The molecule has 0 aromatic heterocycles. The molecule has 0 radical (unpaired) electrons. The van der Waals surface area contributed by atoms with Crippen LogP contribution in [0.3, 0.4) is 0 Å². The van der Waals surface area contributed by atoms with E-state index in [-0.39, 0.29) is 5.96 Å². The van der Waals surface area contributed by atoms with E-state index in [1.807, 2.05) is 25.1 Å². The Morgan fingerprint density at radius 1 is 1.56 bits per heavy atom. The first kappa shape index (κ1) is 13.0. The van der Waals surface area contributed by atoms with Gasteiger partial charge in [0.15, 0.2) is 5.96 Å². The van der Waals surface area contributed by atoms with Gasteiger partial charge in [-0.2, -0.15) is 0 Å². The topological polar surface area (TPSA) is 71.1 Å². The zero-order chi connectivity index (χ0) is 12.0. The Morgan fingerprint density at radius 3 is 2.88 bits per heavy atom. The van der Waals surface area contributed by atoms with Crippen molar-refractivity contribution in [3.05, 3.63) is 33.8 Å². The summed E-state index contributed by atoms with van der Waals surface area (Å²) in [5, 5.41) is 9.83. The highest BCUT2D eigenvalue weighted by molar-refractivity contribution is 9.10. The first-order valence-corrected chi connectivity index (χ1v) is 5.85. The molecule has 4 N–H and O–H groups in total. The molecule has 0 bridgehead atoms. The first-order chi connectivity index (χ1) is 7.63. The fraction of sp³-hybridized carbons (Fsp3) is 0.364. The van der Waals surface area contributed by atoms with Crippen molar-refractivity contribution < 1.29 is 4.74 Å². The molecule has 5 heteroatoms. The SMILES string of the molecule is CCOCc1ccc(CNC(=N)N)cc1Br. The Labute approximate surface area is 104 Å². The van der Waals surface area contributed by atoms with Crippen molar-refractivity contribution in [3.63, 3.8) is 0 Å². The van der Waals surface area contributed by atoms with Gasteiger partial charge < -0.3 is 15.8 Å². The quantitative estimate of drug-likeness (QED) is 0.572. The van der Waals surface area contributed by atoms with Gasteiger partial charge in [-0.1, -0.05) is 28.1 Å². The maximum atomic E-state index is 7.07. The molecular weight excluding hydrogens is 270 g/mol. The minimum atomic E-state index is -0.0190. The highest BCUT2D eigenvalue weighted by Crippen LogP contribution is 2.19. The van der Waals surface area contributed by atoms with Crippen LogP contribution >= 0.6 is 15.9 Å². The summed E-state index contributed by atoms with van der Waals surface area (Å²) in [6, 6.07) is 6.01. The van der Waals surface area contributed by atoms with Crippen LogP contribution in [0.25, 0.3) is 0 Å². The van der Waals surface area contributed by atoms with Gasteiger partial charge in [-0.15, -0.1) is 0 Å². The van der Waals surface area contributed by atoms with E-state index in [1.165, 1.54) is 0 Å². The largest absolute Gasteiger partial charge is 0.377 e. The number of guanidine groups is 1. The van der Waals surface area contributed by atoms with E-state index in [4.69, 9.17) is 15.9 Å². The van der Waals surface area contributed by atoms with Crippen LogP contribution in [0.4, 0.5) is 0 Å². The molecule has 0 heterocycles. The Morgan fingerprint density at radius 2 is 2.31 bits per heavy atom. The van der Waals surface area contributed by atoms with E-state index in [2.05, 4.69) is 21.2 Å². The van der Waals surface area contributed by atoms with E-state index in [0.29, 0.717) is 19.8 Å². The van der Waals surface area contributed by atoms with Crippen molar-refractivity contribution in [3.8, 4) is 0 Å². The molecule has 0 amide bonds. The third-order valence-electron chi connectivity index (χ3n) is 2.06. The summed E-state index contributed by atoms with van der Waals surface area (Å²) in [6.45, 7) is 3.85. The molecular formula is C11H16BrN3O. The summed E-state index contributed by atoms with van der Waals surface area (Å²) in [6.07, 6.45) is 0. The van der Waals surface area contributed by atoms with Crippen molar-refractivity contribution in [2.45, 2.75) is 20.1 Å². The Balaban J connectivity index is 2.63. The minimum Gasteiger partial charge on any atom is -0.377 e. The van der Waals surface area contributed by atoms with Gasteiger partial charge in [0.1, 0.15) is 0 Å². The van der Waals surface area contributed by atoms with Crippen molar-refractivity contribution in [1.29, 1.82) is 5.41 Å². The molecule has 0 saturated heterocycles. The number of ether oxygens (including phenoxy) is 1. The second-order valence-electron chi connectivity index (χ2n) is 3.33. The molecule has 0 unspecified atom stereocenters. The van der Waals surface area contributed by atoms with Gasteiger partial charge in [0.25, 0.3) is 0 Å². The number of benzene rings is 1. The number of nitrogens with two attached hydrogens (primary N) is 1. The van der Waals surface area contributed by atoms with E-state index in [0.717, 1.165) is 15.6 Å². The zero-order valence-electron chi connectivity index (χ0n) is 9.22. The fourth-order valence-corrected chi connectivity index (χ4v) is 1.77. The van der Waals surface area contributed by atoms with Gasteiger partial charge in [-0.3, -0.25) is 5.41 Å². The lowest BCUT2D eigenvalue weighted by molar-refractivity contribution is 0.133. The zero-order valence-corrected chi connectivity index (χ0v) is 10.8. The molecule has 0 fully saturated rings. The van der Waals surface area contributed by atoms with Crippen molar-refractivity contribution >= 4 is 21.9 Å². The van der Waals surface area contributed by atoms with Crippen LogP contribution in [0.2, 0.25) is 0 Å². The van der Waals surface area contributed by atoms with Gasteiger partial charge >= 0.3 is 0 Å². The molecule has 0 atom stereocenters. The second kappa shape index (κ2) is 6.50. The number of hydrogen-bond donors (Lipinski definition) is 3. The lowest BCUT2D eigenvalue weighted by Crippen LogP contribution is -2.29. The van der Waals surface area contributed by atoms with Crippen LogP contribution < -0.4 is 11.1 Å². The number of hydrogen-bond acceptors (Lipinski definition) is 2. The predicted molar refractivity (Wildman–Crippen MR) is 68.2 cm³/mol. The average molecular weight is 286 g/mol. The molecule has 4 nitrogen and oxygen atoms in total. The van der Waals surface area contributed by atoms with Gasteiger partial charge in [0.2, 0.25) is 0 Å². The third kappa shape index (κ3) is 4.20. The van der Waals surface area contributed by atoms with E-state index < -0.39 is 0 Å². The summed E-state index contributed by atoms with van der Waals surface area (Å²) in [7, 11) is 0. The van der Waals surface area contributed by atoms with Gasteiger partial charge in [0, 0.05) is 17.6 Å².